The molecule has 0 bridgehead atoms. The molecular formula is C15H15N3O2S. The first-order valence-electron chi connectivity index (χ1n) is 6.42. The number of aromatic amines is 1. The molecule has 0 saturated carbocycles. The third-order valence-electron chi connectivity index (χ3n) is 2.93. The summed E-state index contributed by atoms with van der Waals surface area (Å²) in [5.74, 6) is -0.214. The van der Waals surface area contributed by atoms with E-state index in [2.05, 4.69) is 4.98 Å². The SMILES string of the molecule is NC(=S)CCN(C(=O)c1ccc(=O)[nH]c1)c1ccccc1. The first kappa shape index (κ1) is 14.9. The average molecular weight is 301 g/mol. The normalized spacial score (nSPS) is 10.1. The van der Waals surface area contributed by atoms with Crippen molar-refractivity contribution in [3.8, 4) is 0 Å². The number of benzene rings is 1. The topological polar surface area (TPSA) is 79.2 Å². The van der Waals surface area contributed by atoms with Gasteiger partial charge in [-0.05, 0) is 18.2 Å². The number of hydrogen-bond acceptors (Lipinski definition) is 3. The van der Waals surface area contributed by atoms with Crippen molar-refractivity contribution in [1.29, 1.82) is 0 Å². The van der Waals surface area contributed by atoms with Crippen LogP contribution in [-0.4, -0.2) is 22.4 Å². The molecule has 5 nitrogen and oxygen atoms in total. The van der Waals surface area contributed by atoms with Crippen LogP contribution in [0.1, 0.15) is 16.8 Å². The second kappa shape index (κ2) is 6.81. The molecule has 1 amide bonds. The fraction of sp³-hybridized carbons (Fsp3) is 0.133. The van der Waals surface area contributed by atoms with Gasteiger partial charge in [0.25, 0.3) is 5.91 Å². The minimum atomic E-state index is -0.249. The maximum absolute atomic E-state index is 12.6. The second-order valence-corrected chi connectivity index (χ2v) is 4.97. The third kappa shape index (κ3) is 4.00. The molecule has 6 heteroatoms. The minimum Gasteiger partial charge on any atom is -0.393 e. The Balaban J connectivity index is 2.30. The summed E-state index contributed by atoms with van der Waals surface area (Å²) in [7, 11) is 0. The first-order chi connectivity index (χ1) is 10.1. The lowest BCUT2D eigenvalue weighted by Crippen LogP contribution is -2.34. The number of nitrogens with one attached hydrogen (secondary N) is 1. The summed E-state index contributed by atoms with van der Waals surface area (Å²) >= 11 is 4.88. The van der Waals surface area contributed by atoms with Gasteiger partial charge in [0.15, 0.2) is 0 Å². The van der Waals surface area contributed by atoms with Crippen LogP contribution in [0.25, 0.3) is 0 Å². The highest BCUT2D eigenvalue weighted by molar-refractivity contribution is 7.80. The van der Waals surface area contributed by atoms with Gasteiger partial charge in [0.2, 0.25) is 5.56 Å². The number of aromatic nitrogens is 1. The molecule has 108 valence electrons. The quantitative estimate of drug-likeness (QED) is 0.824. The number of pyridine rings is 1. The monoisotopic (exact) mass is 301 g/mol. The maximum atomic E-state index is 12.6. The number of amides is 1. The molecule has 0 fully saturated rings. The van der Waals surface area contributed by atoms with Crippen molar-refractivity contribution >= 4 is 28.8 Å². The lowest BCUT2D eigenvalue weighted by atomic mass is 10.2. The van der Waals surface area contributed by atoms with Gasteiger partial charge in [-0.3, -0.25) is 9.59 Å². The Morgan fingerprint density at radius 1 is 1.19 bits per heavy atom. The Morgan fingerprint density at radius 3 is 2.48 bits per heavy atom. The second-order valence-electron chi connectivity index (χ2n) is 4.45. The molecule has 2 rings (SSSR count). The largest absolute Gasteiger partial charge is 0.393 e. The standard InChI is InChI=1S/C15H15N3O2S/c16-13(21)8-9-18(12-4-2-1-3-5-12)15(20)11-6-7-14(19)17-10-11/h1-7,10H,8-9H2,(H2,16,21)(H,17,19). The van der Waals surface area contributed by atoms with E-state index < -0.39 is 0 Å². The van der Waals surface area contributed by atoms with E-state index in [1.807, 2.05) is 30.3 Å². The van der Waals surface area contributed by atoms with Gasteiger partial charge in [-0.15, -0.1) is 0 Å². The molecular weight excluding hydrogens is 286 g/mol. The van der Waals surface area contributed by atoms with Gasteiger partial charge in [0.05, 0.1) is 10.6 Å². The Kier molecular flexibility index (Phi) is 4.84. The van der Waals surface area contributed by atoms with Crippen LogP contribution < -0.4 is 16.2 Å². The molecule has 1 aromatic carbocycles. The highest BCUT2D eigenvalue weighted by atomic mass is 32.1. The molecule has 0 aliphatic rings. The average Bonchev–Trinajstić information content (AvgIpc) is 2.49. The summed E-state index contributed by atoms with van der Waals surface area (Å²) < 4.78 is 0. The van der Waals surface area contributed by atoms with Gasteiger partial charge >= 0.3 is 0 Å². The van der Waals surface area contributed by atoms with Gasteiger partial charge in [-0.1, -0.05) is 30.4 Å². The van der Waals surface area contributed by atoms with E-state index in [1.165, 1.54) is 18.3 Å². The minimum absolute atomic E-state index is 0.214. The van der Waals surface area contributed by atoms with Gasteiger partial charge in [0, 0.05) is 30.9 Å². The van der Waals surface area contributed by atoms with Crippen molar-refractivity contribution in [2.24, 2.45) is 5.73 Å². The Bertz CT molecular complexity index is 677. The smallest absolute Gasteiger partial charge is 0.259 e. The number of rotatable bonds is 5. The summed E-state index contributed by atoms with van der Waals surface area (Å²) in [6, 6.07) is 12.1. The van der Waals surface area contributed by atoms with Crippen LogP contribution in [0.5, 0.6) is 0 Å². The van der Waals surface area contributed by atoms with E-state index in [1.54, 1.807) is 4.90 Å². The number of anilines is 1. The highest BCUT2D eigenvalue weighted by Gasteiger charge is 2.17. The molecule has 2 aromatic rings. The van der Waals surface area contributed by atoms with Crippen molar-refractivity contribution in [2.45, 2.75) is 6.42 Å². The number of carbonyl (C=O) groups excluding carboxylic acids is 1. The van der Waals surface area contributed by atoms with Crippen molar-refractivity contribution in [3.63, 3.8) is 0 Å². The van der Waals surface area contributed by atoms with Crippen LogP contribution in [0.2, 0.25) is 0 Å². The first-order valence-corrected chi connectivity index (χ1v) is 6.83. The predicted molar refractivity (Wildman–Crippen MR) is 86.6 cm³/mol. The van der Waals surface area contributed by atoms with Crippen molar-refractivity contribution < 1.29 is 4.79 Å². The van der Waals surface area contributed by atoms with Crippen molar-refractivity contribution in [3.05, 3.63) is 64.6 Å². The Labute approximate surface area is 127 Å². The van der Waals surface area contributed by atoms with Gasteiger partial charge in [-0.2, -0.15) is 0 Å². The summed E-state index contributed by atoms with van der Waals surface area (Å²) in [6.45, 7) is 0.386. The Morgan fingerprint density at radius 2 is 1.90 bits per heavy atom. The van der Waals surface area contributed by atoms with Crippen molar-refractivity contribution in [2.75, 3.05) is 11.4 Å². The zero-order valence-electron chi connectivity index (χ0n) is 11.3. The summed E-state index contributed by atoms with van der Waals surface area (Å²) in [5, 5.41) is 0. The molecule has 0 aliphatic heterocycles. The lowest BCUT2D eigenvalue weighted by molar-refractivity contribution is 0.0987. The maximum Gasteiger partial charge on any atom is 0.259 e. The zero-order chi connectivity index (χ0) is 15.2. The van der Waals surface area contributed by atoms with Crippen LogP contribution in [-0.2, 0) is 0 Å². The molecule has 0 aliphatic carbocycles. The van der Waals surface area contributed by atoms with Crippen LogP contribution in [0.4, 0.5) is 5.69 Å². The summed E-state index contributed by atoms with van der Waals surface area (Å²) in [6.07, 6.45) is 1.83. The van der Waals surface area contributed by atoms with E-state index in [0.29, 0.717) is 23.5 Å². The predicted octanol–water partition coefficient (Wildman–Crippen LogP) is 1.70. The van der Waals surface area contributed by atoms with E-state index in [0.717, 1.165) is 5.69 Å². The van der Waals surface area contributed by atoms with Gasteiger partial charge in [-0.25, -0.2) is 0 Å². The van der Waals surface area contributed by atoms with E-state index in [-0.39, 0.29) is 11.5 Å². The lowest BCUT2D eigenvalue weighted by Gasteiger charge is -2.22. The van der Waals surface area contributed by atoms with Crippen LogP contribution >= 0.6 is 12.2 Å². The van der Waals surface area contributed by atoms with Crippen LogP contribution in [0.3, 0.4) is 0 Å². The van der Waals surface area contributed by atoms with Gasteiger partial charge in [0.1, 0.15) is 0 Å². The molecule has 1 aromatic heterocycles. The molecule has 0 unspecified atom stereocenters. The van der Waals surface area contributed by atoms with Crippen LogP contribution in [0, 0.1) is 0 Å². The molecule has 21 heavy (non-hydrogen) atoms. The van der Waals surface area contributed by atoms with Crippen LogP contribution in [0.15, 0.2) is 53.5 Å². The highest BCUT2D eigenvalue weighted by Crippen LogP contribution is 2.16. The number of para-hydroxylation sites is 1. The number of nitrogens with two attached hydrogens (primary N) is 1. The fourth-order valence-electron chi connectivity index (χ4n) is 1.88. The number of carbonyl (C=O) groups is 1. The number of hydrogen-bond donors (Lipinski definition) is 2. The molecule has 0 saturated heterocycles. The molecule has 0 radical (unpaired) electrons. The zero-order valence-corrected chi connectivity index (χ0v) is 12.1. The molecule has 3 N–H and O–H groups in total. The van der Waals surface area contributed by atoms with Gasteiger partial charge < -0.3 is 15.6 Å². The summed E-state index contributed by atoms with van der Waals surface area (Å²) in [4.78, 5) is 28.1. The fourth-order valence-corrected chi connectivity index (χ4v) is 1.97. The molecule has 0 atom stereocenters. The number of H-pyrrole nitrogens is 1. The number of thiocarbonyl (C=S) groups is 1. The van der Waals surface area contributed by atoms with Crippen molar-refractivity contribution in [1.82, 2.24) is 4.98 Å². The molecule has 0 spiro atoms. The van der Waals surface area contributed by atoms with E-state index >= 15 is 0 Å². The van der Waals surface area contributed by atoms with E-state index in [9.17, 15) is 9.59 Å². The van der Waals surface area contributed by atoms with E-state index in [4.69, 9.17) is 18.0 Å². The number of nitrogens with zero attached hydrogens (tertiary/aromatic N) is 1. The third-order valence-corrected chi connectivity index (χ3v) is 3.13. The summed E-state index contributed by atoms with van der Waals surface area (Å²) in [5.41, 5.74) is 6.43. The molecule has 1 heterocycles. The Hall–Kier alpha value is -2.47.